The van der Waals surface area contributed by atoms with Crippen LogP contribution in [0.4, 0.5) is 5.69 Å². The van der Waals surface area contributed by atoms with Gasteiger partial charge in [-0.1, -0.05) is 0 Å². The van der Waals surface area contributed by atoms with E-state index in [0.29, 0.717) is 33.7 Å². The van der Waals surface area contributed by atoms with Crippen molar-refractivity contribution in [1.29, 1.82) is 0 Å². The van der Waals surface area contributed by atoms with Gasteiger partial charge in [0.15, 0.2) is 11.5 Å². The summed E-state index contributed by atoms with van der Waals surface area (Å²) < 4.78 is 11.7. The lowest BCUT2D eigenvalue weighted by atomic mass is 10.1. The molecule has 138 valence electrons. The first-order valence-corrected chi connectivity index (χ1v) is 8.43. The molecule has 4 rings (SSSR count). The van der Waals surface area contributed by atoms with E-state index < -0.39 is 5.69 Å². The quantitative estimate of drug-likeness (QED) is 0.739. The van der Waals surface area contributed by atoms with E-state index in [1.807, 2.05) is 0 Å². The van der Waals surface area contributed by atoms with Crippen LogP contribution >= 0.6 is 0 Å². The van der Waals surface area contributed by atoms with Gasteiger partial charge in [0.25, 0.3) is 11.5 Å². The van der Waals surface area contributed by atoms with Crippen LogP contribution in [0.5, 0.6) is 11.5 Å². The molecular weight excluding hydrogens is 350 g/mol. The number of anilines is 1. The van der Waals surface area contributed by atoms with E-state index in [0.717, 1.165) is 4.57 Å². The summed E-state index contributed by atoms with van der Waals surface area (Å²) in [6, 6.07) is 9.41. The smallest absolute Gasteiger partial charge is 0.329 e. The van der Waals surface area contributed by atoms with E-state index in [9.17, 15) is 14.4 Å². The molecule has 0 unspecified atom stereocenters. The summed E-state index contributed by atoms with van der Waals surface area (Å²) in [6.45, 7) is 3.67. The number of amides is 1. The van der Waals surface area contributed by atoms with E-state index in [1.54, 1.807) is 44.2 Å². The molecule has 2 N–H and O–H groups in total. The van der Waals surface area contributed by atoms with E-state index in [4.69, 9.17) is 9.47 Å². The zero-order valence-corrected chi connectivity index (χ0v) is 14.7. The van der Waals surface area contributed by atoms with Crippen molar-refractivity contribution in [3.8, 4) is 11.5 Å². The zero-order chi connectivity index (χ0) is 19.1. The Balaban J connectivity index is 1.67. The highest BCUT2D eigenvalue weighted by Crippen LogP contribution is 2.34. The van der Waals surface area contributed by atoms with E-state index in [2.05, 4.69) is 10.3 Å². The lowest BCUT2D eigenvalue weighted by Gasteiger charge is -2.10. The Morgan fingerprint density at radius 3 is 2.67 bits per heavy atom. The number of benzene rings is 2. The molecule has 1 aliphatic heterocycles. The minimum atomic E-state index is -0.504. The Morgan fingerprint density at radius 2 is 1.89 bits per heavy atom. The number of rotatable bonds is 3. The number of nitrogens with one attached hydrogen (secondary N) is 2. The summed E-state index contributed by atoms with van der Waals surface area (Å²) in [7, 11) is 0. The number of aromatic nitrogens is 2. The number of H-pyrrole nitrogens is 1. The molecule has 1 amide bonds. The Morgan fingerprint density at radius 1 is 1.11 bits per heavy atom. The van der Waals surface area contributed by atoms with Gasteiger partial charge in [0, 0.05) is 23.4 Å². The molecule has 27 heavy (non-hydrogen) atoms. The van der Waals surface area contributed by atoms with Crippen molar-refractivity contribution < 1.29 is 14.3 Å². The van der Waals surface area contributed by atoms with Crippen molar-refractivity contribution in [3.63, 3.8) is 0 Å². The van der Waals surface area contributed by atoms with Gasteiger partial charge in [-0.25, -0.2) is 4.79 Å². The predicted octanol–water partition coefficient (Wildman–Crippen LogP) is 2.25. The number of nitrogens with zero attached hydrogens (tertiary/aromatic N) is 1. The lowest BCUT2D eigenvalue weighted by molar-refractivity contribution is 0.102. The van der Waals surface area contributed by atoms with Gasteiger partial charge in [-0.3, -0.25) is 14.2 Å². The Kier molecular flexibility index (Phi) is 3.95. The van der Waals surface area contributed by atoms with Crippen molar-refractivity contribution in [3.05, 3.63) is 62.8 Å². The van der Waals surface area contributed by atoms with Crippen LogP contribution < -0.4 is 26.0 Å². The zero-order valence-electron chi connectivity index (χ0n) is 14.7. The fourth-order valence-corrected chi connectivity index (χ4v) is 3.02. The number of carbonyl (C=O) groups is 1. The number of ether oxygens (including phenoxy) is 2. The second-order valence-corrected chi connectivity index (χ2v) is 6.48. The van der Waals surface area contributed by atoms with E-state index in [-0.39, 0.29) is 24.3 Å². The molecule has 3 aromatic rings. The summed E-state index contributed by atoms with van der Waals surface area (Å²) in [4.78, 5) is 39.9. The highest BCUT2D eigenvalue weighted by atomic mass is 16.7. The van der Waals surface area contributed by atoms with Crippen LogP contribution in [-0.2, 0) is 0 Å². The number of carbonyl (C=O) groups excluding carboxylic acids is 1. The molecule has 0 saturated carbocycles. The van der Waals surface area contributed by atoms with Crippen molar-refractivity contribution >= 4 is 22.5 Å². The molecule has 0 fully saturated rings. The lowest BCUT2D eigenvalue weighted by Crippen LogP contribution is -2.36. The molecular formula is C19H17N3O5. The maximum Gasteiger partial charge on any atom is 0.329 e. The molecule has 0 aliphatic carbocycles. The van der Waals surface area contributed by atoms with Gasteiger partial charge in [-0.2, -0.15) is 0 Å². The number of aromatic amines is 1. The summed E-state index contributed by atoms with van der Waals surface area (Å²) in [6.07, 6.45) is 0. The van der Waals surface area contributed by atoms with Crippen LogP contribution in [0.15, 0.2) is 46.0 Å². The molecule has 2 aromatic carbocycles. The fraction of sp³-hybridized carbons (Fsp3) is 0.211. The normalized spacial score (nSPS) is 12.6. The Labute approximate surface area is 153 Å². The summed E-state index contributed by atoms with van der Waals surface area (Å²) >= 11 is 0. The van der Waals surface area contributed by atoms with Crippen molar-refractivity contribution in [2.75, 3.05) is 12.1 Å². The summed E-state index contributed by atoms with van der Waals surface area (Å²) in [5.74, 6) is 0.812. The Hall–Kier alpha value is -3.55. The number of hydrogen-bond acceptors (Lipinski definition) is 5. The molecule has 0 saturated heterocycles. The summed E-state index contributed by atoms with van der Waals surface area (Å²) in [5, 5.41) is 3.11. The highest BCUT2D eigenvalue weighted by molar-refractivity contribution is 6.06. The topological polar surface area (TPSA) is 102 Å². The van der Waals surface area contributed by atoms with Crippen LogP contribution in [0, 0.1) is 0 Å². The van der Waals surface area contributed by atoms with E-state index >= 15 is 0 Å². The molecule has 2 heterocycles. The van der Waals surface area contributed by atoms with Gasteiger partial charge in [0.1, 0.15) is 0 Å². The predicted molar refractivity (Wildman–Crippen MR) is 99.7 cm³/mol. The van der Waals surface area contributed by atoms with Crippen LogP contribution in [0.2, 0.25) is 0 Å². The minimum absolute atomic E-state index is 0.151. The molecule has 8 heteroatoms. The van der Waals surface area contributed by atoms with Gasteiger partial charge in [-0.15, -0.1) is 0 Å². The number of fused-ring (bicyclic) bond motifs is 2. The first-order chi connectivity index (χ1) is 12.9. The maximum absolute atomic E-state index is 12.5. The first kappa shape index (κ1) is 16.9. The second kappa shape index (κ2) is 6.31. The fourth-order valence-electron chi connectivity index (χ4n) is 3.02. The number of hydrogen-bond donors (Lipinski definition) is 2. The van der Waals surface area contributed by atoms with Gasteiger partial charge in [0.05, 0.1) is 10.9 Å². The largest absolute Gasteiger partial charge is 0.454 e. The maximum atomic E-state index is 12.5. The first-order valence-electron chi connectivity index (χ1n) is 8.43. The van der Waals surface area contributed by atoms with Gasteiger partial charge >= 0.3 is 5.69 Å². The molecule has 0 radical (unpaired) electrons. The SMILES string of the molecule is CC(C)n1c(=O)[nH]c2cc(C(=O)Nc3ccc4c(c3)OCO4)ccc2c1=O. The highest BCUT2D eigenvalue weighted by Gasteiger charge is 2.16. The molecule has 0 spiro atoms. The van der Waals surface area contributed by atoms with Crippen molar-refractivity contribution in [2.24, 2.45) is 0 Å². The molecule has 1 aromatic heterocycles. The van der Waals surface area contributed by atoms with Gasteiger partial charge in [-0.05, 0) is 44.2 Å². The van der Waals surface area contributed by atoms with E-state index in [1.165, 1.54) is 6.07 Å². The monoisotopic (exact) mass is 367 g/mol. The van der Waals surface area contributed by atoms with Gasteiger partial charge < -0.3 is 19.8 Å². The average molecular weight is 367 g/mol. The van der Waals surface area contributed by atoms with Crippen molar-refractivity contribution in [2.45, 2.75) is 19.9 Å². The third-order valence-electron chi connectivity index (χ3n) is 4.34. The average Bonchev–Trinajstić information content (AvgIpc) is 3.08. The molecule has 0 atom stereocenters. The molecule has 8 nitrogen and oxygen atoms in total. The third-order valence-corrected chi connectivity index (χ3v) is 4.34. The standard InChI is InChI=1S/C19H17N3O5/c1-10(2)22-18(24)13-5-3-11(7-14(13)21-19(22)25)17(23)20-12-4-6-15-16(8-12)27-9-26-15/h3-8,10H,9H2,1-2H3,(H,20,23)(H,21,25). The second-order valence-electron chi connectivity index (χ2n) is 6.48. The molecule has 1 aliphatic rings. The summed E-state index contributed by atoms with van der Waals surface area (Å²) in [5.41, 5.74) is 0.299. The van der Waals surface area contributed by atoms with Crippen LogP contribution in [0.1, 0.15) is 30.2 Å². The molecule has 0 bridgehead atoms. The van der Waals surface area contributed by atoms with Crippen LogP contribution in [0.25, 0.3) is 10.9 Å². The van der Waals surface area contributed by atoms with Crippen molar-refractivity contribution in [1.82, 2.24) is 9.55 Å². The minimum Gasteiger partial charge on any atom is -0.454 e. The Bertz CT molecular complexity index is 1180. The van der Waals surface area contributed by atoms with Crippen LogP contribution in [0.3, 0.4) is 0 Å². The third kappa shape index (κ3) is 2.95. The van der Waals surface area contributed by atoms with Crippen LogP contribution in [-0.4, -0.2) is 22.3 Å². The van der Waals surface area contributed by atoms with Gasteiger partial charge in [0.2, 0.25) is 6.79 Å².